The van der Waals surface area contributed by atoms with Gasteiger partial charge in [-0.3, -0.25) is 19.0 Å². The molecule has 3 heterocycles. The highest BCUT2D eigenvalue weighted by molar-refractivity contribution is 7.92. The molecule has 0 unspecified atom stereocenters. The van der Waals surface area contributed by atoms with E-state index in [-0.39, 0.29) is 42.5 Å². The Labute approximate surface area is 401 Å². The first-order valence-corrected chi connectivity index (χ1v) is 24.7. The van der Waals surface area contributed by atoms with E-state index in [0.717, 1.165) is 49.6 Å². The van der Waals surface area contributed by atoms with Crippen LogP contribution in [0.3, 0.4) is 0 Å². The molecule has 3 aromatic heterocycles. The molecule has 3 atom stereocenters. The maximum Gasteiger partial charge on any atom is 0.435 e. The molecule has 380 valence electrons. The number of nitrogens with zero attached hydrogens (tertiary/aromatic N) is 6. The van der Waals surface area contributed by atoms with Crippen LogP contribution >= 0.6 is 11.6 Å². The Balaban J connectivity index is 1.48. The van der Waals surface area contributed by atoms with Gasteiger partial charge in [0.2, 0.25) is 21.7 Å². The number of carbonyl (C=O) groups excluding carboxylic acids is 3. The number of alkyl halides is 8. The van der Waals surface area contributed by atoms with Gasteiger partial charge in [0, 0.05) is 41.9 Å². The molecule has 2 aromatic carbocycles. The lowest BCUT2D eigenvalue weighted by molar-refractivity contribution is -0.152. The number of rotatable bonds is 14. The average Bonchev–Trinajstić information content (AvgIpc) is 3.73. The minimum absolute atomic E-state index is 0.184. The third kappa shape index (κ3) is 10.7. The van der Waals surface area contributed by atoms with Gasteiger partial charge in [-0.2, -0.15) is 45.3 Å². The predicted molar refractivity (Wildman–Crippen MR) is 232 cm³/mol. The lowest BCUT2D eigenvalue weighted by atomic mass is 9.93. The molecule has 1 amide bonds. The number of ketones is 1. The number of benzene rings is 2. The van der Waals surface area contributed by atoms with Crippen LogP contribution < -0.4 is 9.62 Å². The summed E-state index contributed by atoms with van der Waals surface area (Å²) in [6.45, 7) is -1.35. The number of nitrogens with one attached hydrogen (secondary N) is 1. The molecule has 28 heteroatoms. The van der Waals surface area contributed by atoms with E-state index in [4.69, 9.17) is 16.3 Å². The number of halogens is 11. The van der Waals surface area contributed by atoms with Crippen molar-refractivity contribution in [2.24, 2.45) is 5.92 Å². The molecule has 5 aromatic rings. The number of hydrogen-bond acceptors (Lipinski definition) is 11. The highest BCUT2D eigenvalue weighted by atomic mass is 35.5. The van der Waals surface area contributed by atoms with Crippen LogP contribution in [0.25, 0.3) is 22.0 Å². The van der Waals surface area contributed by atoms with Gasteiger partial charge in [0.05, 0.1) is 33.9 Å². The number of ether oxygens (including phenoxy) is 1. The number of anilines is 1. The third-order valence-electron chi connectivity index (χ3n) is 11.5. The Bertz CT molecular complexity index is 3330. The van der Waals surface area contributed by atoms with Crippen molar-refractivity contribution in [2.75, 3.05) is 23.5 Å². The molecule has 0 saturated heterocycles. The topological polar surface area (TPSA) is 193 Å². The normalized spacial score (nSPS) is 17.0. The zero-order chi connectivity index (χ0) is 52.7. The number of amides is 1. The van der Waals surface area contributed by atoms with E-state index in [9.17, 15) is 66.3 Å². The van der Waals surface area contributed by atoms with Crippen molar-refractivity contribution in [2.45, 2.75) is 81.7 Å². The summed E-state index contributed by atoms with van der Waals surface area (Å²) in [5.41, 5.74) is -5.91. The van der Waals surface area contributed by atoms with Gasteiger partial charge in [0.25, 0.3) is 5.92 Å². The molecule has 2 aliphatic carbocycles. The van der Waals surface area contributed by atoms with Gasteiger partial charge in [-0.25, -0.2) is 39.7 Å². The Morgan fingerprint density at radius 1 is 0.958 bits per heavy atom. The molecule has 0 spiro atoms. The third-order valence-corrected chi connectivity index (χ3v) is 14.9. The number of carbonyl (C=O) groups is 3. The quantitative estimate of drug-likeness (QED) is 0.0391. The fraction of sp³-hybridized carbons (Fsp3) is 0.395. The molecule has 71 heavy (non-hydrogen) atoms. The minimum atomic E-state index is -5.23. The van der Waals surface area contributed by atoms with Crippen molar-refractivity contribution < 1.29 is 79.9 Å². The van der Waals surface area contributed by atoms with E-state index in [1.54, 1.807) is 0 Å². The number of aromatic nitrogens is 5. The smallest absolute Gasteiger partial charge is 0.435 e. The van der Waals surface area contributed by atoms with Crippen molar-refractivity contribution in [3.8, 4) is 23.0 Å². The van der Waals surface area contributed by atoms with Gasteiger partial charge < -0.3 is 10.1 Å². The van der Waals surface area contributed by atoms with E-state index in [2.05, 4.69) is 32.3 Å². The number of hydrogen-bond donors (Lipinski definition) is 1. The van der Waals surface area contributed by atoms with Crippen LogP contribution in [-0.2, 0) is 70.6 Å². The molecule has 0 aliphatic heterocycles. The molecule has 1 saturated carbocycles. The second-order valence-electron chi connectivity index (χ2n) is 17.2. The van der Waals surface area contributed by atoms with Gasteiger partial charge in [0.1, 0.15) is 40.9 Å². The molecule has 0 radical (unpaired) electrons. The van der Waals surface area contributed by atoms with Gasteiger partial charge in [-0.15, -0.1) is 0 Å². The van der Waals surface area contributed by atoms with Crippen molar-refractivity contribution in [3.63, 3.8) is 0 Å². The summed E-state index contributed by atoms with van der Waals surface area (Å²) in [6.07, 6.45) is -9.92. The first kappa shape index (κ1) is 52.6. The molecule has 0 bridgehead atoms. The zero-order valence-electron chi connectivity index (χ0n) is 37.2. The van der Waals surface area contributed by atoms with Gasteiger partial charge >= 0.3 is 18.3 Å². The highest BCUT2D eigenvalue weighted by Gasteiger charge is 2.68. The minimum Gasteiger partial charge on any atom is -0.437 e. The summed E-state index contributed by atoms with van der Waals surface area (Å²) in [5.74, 6) is -8.71. The summed E-state index contributed by atoms with van der Waals surface area (Å²) < 4.78 is 202. The number of pyridine rings is 1. The molecule has 7 rings (SSSR count). The monoisotopic (exact) mass is 1070 g/mol. The van der Waals surface area contributed by atoms with Crippen LogP contribution in [0, 0.1) is 29.4 Å². The van der Waals surface area contributed by atoms with Crippen molar-refractivity contribution >= 4 is 65.8 Å². The van der Waals surface area contributed by atoms with E-state index >= 15 is 8.78 Å². The van der Waals surface area contributed by atoms with Crippen molar-refractivity contribution in [1.82, 2.24) is 29.9 Å². The van der Waals surface area contributed by atoms with Crippen LogP contribution in [-0.4, -0.2) is 89.2 Å². The molecule has 2 aliphatic rings. The standard InChI is InChI=1S/C43H36ClF10N7O8S2/c1-20(62)39(64)69-19-61(71(5,67)68)38-33-29(44)9-8-26(35(33)60(58-38)18-41(47,48)49)25-7-6-24(10-11-40(2,3)70(4,65)66)55-34(25)30(14-21-12-22(45)15-23(46)13-21)56-31(63)17-59-37-32(36(57-59)43(52,53)54)27-16-28(27)42(37,50)51/h6-9,12-13,15,27-28,30H,14,16-19H2,1-5H3,(H,56,63)/t27-,28+,30-/m0/s1. The van der Waals surface area contributed by atoms with E-state index < -0.39 is 161 Å². The van der Waals surface area contributed by atoms with Crippen LogP contribution in [0.2, 0.25) is 5.02 Å². The zero-order valence-corrected chi connectivity index (χ0v) is 39.6. The number of Topliss-reactive ketones (excluding diaryl/α,β-unsaturated/α-hetero) is 1. The van der Waals surface area contributed by atoms with Crippen molar-refractivity contribution in [3.05, 3.63) is 93.0 Å². The first-order chi connectivity index (χ1) is 32.6. The lowest BCUT2D eigenvalue weighted by Gasteiger charge is -2.23. The number of esters is 1. The molecule has 1 fully saturated rings. The maximum absolute atomic E-state index is 15.6. The van der Waals surface area contributed by atoms with Gasteiger partial charge in [-0.1, -0.05) is 23.6 Å². The summed E-state index contributed by atoms with van der Waals surface area (Å²) in [7, 11) is -8.59. The maximum atomic E-state index is 15.6. The van der Waals surface area contributed by atoms with Crippen LogP contribution in [0.4, 0.5) is 49.7 Å². The Morgan fingerprint density at radius 3 is 2.17 bits per heavy atom. The highest BCUT2D eigenvalue weighted by Crippen LogP contribution is 2.68. The molecular formula is C43H36ClF10N7O8S2. The van der Waals surface area contributed by atoms with Gasteiger partial charge in [-0.05, 0) is 74.4 Å². The fourth-order valence-electron chi connectivity index (χ4n) is 7.97. The summed E-state index contributed by atoms with van der Waals surface area (Å²) in [6, 6.07) is 4.72. The predicted octanol–water partition coefficient (Wildman–Crippen LogP) is 7.15. The molecule has 15 nitrogen and oxygen atoms in total. The van der Waals surface area contributed by atoms with Crippen molar-refractivity contribution in [1.29, 1.82) is 0 Å². The Morgan fingerprint density at radius 2 is 1.59 bits per heavy atom. The largest absolute Gasteiger partial charge is 0.437 e. The average molecular weight is 1070 g/mol. The second-order valence-corrected chi connectivity index (χ2v) is 22.1. The van der Waals surface area contributed by atoms with E-state index in [1.807, 2.05) is 0 Å². The Kier molecular flexibility index (Phi) is 13.4. The SMILES string of the molecule is CC(=O)C(=O)OCN(c1nn(CC(F)(F)F)c2c(-c3ccc(C#CC(C)(C)S(C)(=O)=O)nc3[C@H](Cc3cc(F)cc(F)c3)NC(=O)Cn3nc(C(F)(F)F)c4c3C(F)(F)[C@@H]3C[C@H]43)ccc(Cl)c12)S(C)(=O)=O. The van der Waals surface area contributed by atoms with Gasteiger partial charge in [0.15, 0.2) is 28.1 Å². The number of fused-ring (bicyclic) bond motifs is 4. The van der Waals surface area contributed by atoms with E-state index in [0.29, 0.717) is 12.3 Å². The number of sulfonamides is 1. The number of sulfone groups is 1. The summed E-state index contributed by atoms with van der Waals surface area (Å²) >= 11 is 6.59. The Hall–Kier alpha value is -6.27. The molecular weight excluding hydrogens is 1030 g/mol. The van der Waals surface area contributed by atoms with Crippen LogP contribution in [0.1, 0.15) is 73.1 Å². The fourth-order valence-corrected chi connectivity index (χ4v) is 9.12. The summed E-state index contributed by atoms with van der Waals surface area (Å²) in [4.78, 5) is 42.4. The van der Waals surface area contributed by atoms with Crippen LogP contribution in [0.15, 0.2) is 42.5 Å². The first-order valence-electron chi connectivity index (χ1n) is 20.5. The lowest BCUT2D eigenvalue weighted by Crippen LogP contribution is -2.35. The van der Waals surface area contributed by atoms with E-state index in [1.165, 1.54) is 13.8 Å². The van der Waals surface area contributed by atoms with Crippen LogP contribution in [0.5, 0.6) is 0 Å². The summed E-state index contributed by atoms with van der Waals surface area (Å²) in [5, 5.41) is 8.67. The molecule has 1 N–H and O–H groups in total. The second kappa shape index (κ2) is 18.1.